The molecule has 1 aliphatic rings. The minimum absolute atomic E-state index is 0.0717. The van der Waals surface area contributed by atoms with E-state index in [1.807, 2.05) is 40.8 Å². The molecule has 1 N–H and O–H groups in total. The van der Waals surface area contributed by atoms with Gasteiger partial charge in [-0.1, -0.05) is 29.4 Å². The number of aromatic nitrogens is 2. The monoisotopic (exact) mass is 421 g/mol. The van der Waals surface area contributed by atoms with Gasteiger partial charge in [-0.25, -0.2) is 4.98 Å². The Kier molecular flexibility index (Phi) is 7.02. The highest BCUT2D eigenvalue weighted by molar-refractivity contribution is 7.99. The fraction of sp³-hybridized carbons (Fsp3) is 0.450. The molecular formula is C20H24ClN3O3S. The number of amides is 1. The Bertz CT molecular complexity index is 855. The van der Waals surface area contributed by atoms with Crippen LogP contribution in [0.25, 0.3) is 5.69 Å². The van der Waals surface area contributed by atoms with Crippen LogP contribution in [0, 0.1) is 12.8 Å². The van der Waals surface area contributed by atoms with Crippen molar-refractivity contribution in [3.8, 4) is 5.69 Å². The molecule has 1 aromatic heterocycles. The number of hydrogen-bond acceptors (Lipinski definition) is 4. The van der Waals surface area contributed by atoms with Gasteiger partial charge in [0.1, 0.15) is 0 Å². The molecule has 0 spiro atoms. The smallest absolute Gasteiger partial charge is 0.303 e. The number of carboxylic acid groups (broad SMARTS) is 1. The zero-order chi connectivity index (χ0) is 20.1. The summed E-state index contributed by atoms with van der Waals surface area (Å²) < 4.78 is 1.95. The quantitative estimate of drug-likeness (QED) is 0.683. The predicted octanol–water partition coefficient (Wildman–Crippen LogP) is 4.03. The summed E-state index contributed by atoms with van der Waals surface area (Å²) in [5.74, 6) is -0.123. The average Bonchev–Trinajstić information content (AvgIpc) is 3.15. The van der Waals surface area contributed by atoms with Crippen LogP contribution in [0.2, 0.25) is 5.02 Å². The van der Waals surface area contributed by atoms with Crippen LogP contribution in [0.3, 0.4) is 0 Å². The van der Waals surface area contributed by atoms with Crippen LogP contribution in [0.15, 0.2) is 35.7 Å². The molecule has 0 bridgehead atoms. The number of rotatable bonds is 7. The number of carboxylic acids is 1. The van der Waals surface area contributed by atoms with Crippen molar-refractivity contribution in [3.63, 3.8) is 0 Å². The SMILES string of the molecule is Cc1c(Cl)cccc1-n1ccnc1SCC(=O)N1CCCC(CCC(=O)O)C1. The van der Waals surface area contributed by atoms with E-state index in [1.54, 1.807) is 6.20 Å². The number of likely N-dealkylation sites (tertiary alicyclic amines) is 1. The van der Waals surface area contributed by atoms with Crippen LogP contribution in [-0.2, 0) is 9.59 Å². The number of hydrogen-bond donors (Lipinski definition) is 1. The lowest BCUT2D eigenvalue weighted by atomic mass is 9.93. The Morgan fingerprint density at radius 1 is 1.39 bits per heavy atom. The van der Waals surface area contributed by atoms with E-state index in [2.05, 4.69) is 4.98 Å². The number of nitrogens with zero attached hydrogens (tertiary/aromatic N) is 3. The Labute approximate surface area is 173 Å². The Balaban J connectivity index is 1.60. The van der Waals surface area contributed by atoms with Gasteiger partial charge >= 0.3 is 5.97 Å². The minimum Gasteiger partial charge on any atom is -0.481 e. The van der Waals surface area contributed by atoms with E-state index in [9.17, 15) is 9.59 Å². The van der Waals surface area contributed by atoms with Crippen molar-refractivity contribution in [1.82, 2.24) is 14.5 Å². The topological polar surface area (TPSA) is 75.4 Å². The number of carbonyl (C=O) groups is 2. The summed E-state index contributed by atoms with van der Waals surface area (Å²) in [4.78, 5) is 29.7. The number of aliphatic carboxylic acids is 1. The highest BCUT2D eigenvalue weighted by Gasteiger charge is 2.24. The molecule has 3 rings (SSSR count). The fourth-order valence-electron chi connectivity index (χ4n) is 3.51. The fourth-order valence-corrected chi connectivity index (χ4v) is 4.55. The van der Waals surface area contributed by atoms with E-state index in [-0.39, 0.29) is 18.2 Å². The maximum atomic E-state index is 12.7. The lowest BCUT2D eigenvalue weighted by Gasteiger charge is -2.32. The van der Waals surface area contributed by atoms with Crippen molar-refractivity contribution < 1.29 is 14.7 Å². The van der Waals surface area contributed by atoms with Crippen molar-refractivity contribution in [2.45, 2.75) is 37.8 Å². The maximum Gasteiger partial charge on any atom is 0.303 e. The molecule has 1 atom stereocenters. The third-order valence-corrected chi connectivity index (χ3v) is 6.43. The minimum atomic E-state index is -0.776. The molecule has 28 heavy (non-hydrogen) atoms. The van der Waals surface area contributed by atoms with Gasteiger partial charge in [-0.2, -0.15) is 0 Å². The number of piperidine rings is 1. The van der Waals surface area contributed by atoms with Gasteiger partial charge in [0.25, 0.3) is 0 Å². The molecule has 6 nitrogen and oxygen atoms in total. The van der Waals surface area contributed by atoms with E-state index in [0.717, 1.165) is 35.8 Å². The number of imidazole rings is 1. The van der Waals surface area contributed by atoms with Gasteiger partial charge in [0.05, 0.1) is 11.4 Å². The summed E-state index contributed by atoms with van der Waals surface area (Å²) >= 11 is 7.64. The second-order valence-electron chi connectivity index (χ2n) is 7.03. The average molecular weight is 422 g/mol. The largest absolute Gasteiger partial charge is 0.481 e. The van der Waals surface area contributed by atoms with E-state index in [1.165, 1.54) is 11.8 Å². The molecule has 0 radical (unpaired) electrons. The summed E-state index contributed by atoms with van der Waals surface area (Å²) in [6.45, 7) is 3.35. The van der Waals surface area contributed by atoms with Crippen molar-refractivity contribution in [2.75, 3.05) is 18.8 Å². The molecule has 2 heterocycles. The van der Waals surface area contributed by atoms with Crippen molar-refractivity contribution in [3.05, 3.63) is 41.2 Å². The first kappa shape index (κ1) is 20.7. The van der Waals surface area contributed by atoms with Crippen molar-refractivity contribution >= 4 is 35.2 Å². The highest BCUT2D eigenvalue weighted by Crippen LogP contribution is 2.27. The van der Waals surface area contributed by atoms with Crippen LogP contribution < -0.4 is 0 Å². The molecular weight excluding hydrogens is 398 g/mol. The van der Waals surface area contributed by atoms with E-state index >= 15 is 0 Å². The third-order valence-electron chi connectivity index (χ3n) is 5.07. The second kappa shape index (κ2) is 9.47. The van der Waals surface area contributed by atoms with Crippen molar-refractivity contribution in [1.29, 1.82) is 0 Å². The number of carbonyl (C=O) groups excluding carboxylic acids is 1. The van der Waals surface area contributed by atoms with E-state index in [0.29, 0.717) is 23.7 Å². The van der Waals surface area contributed by atoms with Crippen LogP contribution in [-0.4, -0.2) is 50.3 Å². The normalized spacial score (nSPS) is 16.9. The molecule has 0 saturated carbocycles. The lowest BCUT2D eigenvalue weighted by Crippen LogP contribution is -2.41. The zero-order valence-electron chi connectivity index (χ0n) is 15.8. The summed E-state index contributed by atoms with van der Waals surface area (Å²) in [6.07, 6.45) is 6.30. The molecule has 0 aliphatic carbocycles. The number of halogens is 1. The standard InChI is InChI=1S/C20H24ClN3O3S/c1-14-16(21)5-2-6-17(14)24-11-9-22-20(24)28-13-18(25)23-10-3-4-15(12-23)7-8-19(26)27/h2,5-6,9,11,15H,3-4,7-8,10,12-13H2,1H3,(H,26,27). The number of benzene rings is 1. The number of thioether (sulfide) groups is 1. The van der Waals surface area contributed by atoms with Crippen molar-refractivity contribution in [2.24, 2.45) is 5.92 Å². The Hall–Kier alpha value is -1.99. The molecule has 1 unspecified atom stereocenters. The zero-order valence-corrected chi connectivity index (χ0v) is 17.4. The Morgan fingerprint density at radius 2 is 2.21 bits per heavy atom. The van der Waals surface area contributed by atoms with Gasteiger partial charge in [-0.05, 0) is 49.8 Å². The summed E-state index contributed by atoms with van der Waals surface area (Å²) in [6, 6.07) is 5.73. The molecule has 1 aromatic carbocycles. The molecule has 1 amide bonds. The van der Waals surface area contributed by atoms with Crippen LogP contribution >= 0.6 is 23.4 Å². The first-order valence-corrected chi connectivity index (χ1v) is 10.7. The molecule has 8 heteroatoms. The summed E-state index contributed by atoms with van der Waals surface area (Å²) in [5, 5.41) is 10.3. The van der Waals surface area contributed by atoms with Gasteiger partial charge in [-0.15, -0.1) is 0 Å². The van der Waals surface area contributed by atoms with Gasteiger partial charge in [0.2, 0.25) is 5.91 Å². The third kappa shape index (κ3) is 5.08. The molecule has 1 fully saturated rings. The molecule has 2 aromatic rings. The second-order valence-corrected chi connectivity index (χ2v) is 8.38. The van der Waals surface area contributed by atoms with Gasteiger partial charge in [0, 0.05) is 36.9 Å². The summed E-state index contributed by atoms with van der Waals surface area (Å²) in [7, 11) is 0. The van der Waals surface area contributed by atoms with Crippen LogP contribution in [0.1, 0.15) is 31.2 Å². The summed E-state index contributed by atoms with van der Waals surface area (Å²) in [5.41, 5.74) is 1.92. The van der Waals surface area contributed by atoms with Gasteiger partial charge < -0.3 is 10.0 Å². The first-order chi connectivity index (χ1) is 13.5. The molecule has 1 aliphatic heterocycles. The molecule has 1 saturated heterocycles. The lowest BCUT2D eigenvalue weighted by molar-refractivity contribution is -0.137. The molecule has 150 valence electrons. The van der Waals surface area contributed by atoms with E-state index < -0.39 is 5.97 Å². The van der Waals surface area contributed by atoms with Crippen LogP contribution in [0.5, 0.6) is 0 Å². The van der Waals surface area contributed by atoms with Gasteiger partial charge in [-0.3, -0.25) is 14.2 Å². The Morgan fingerprint density at radius 3 is 3.00 bits per heavy atom. The van der Waals surface area contributed by atoms with E-state index in [4.69, 9.17) is 16.7 Å². The maximum absolute atomic E-state index is 12.7. The predicted molar refractivity (Wildman–Crippen MR) is 110 cm³/mol. The first-order valence-electron chi connectivity index (χ1n) is 9.37. The van der Waals surface area contributed by atoms with Crippen LogP contribution in [0.4, 0.5) is 0 Å². The van der Waals surface area contributed by atoms with Gasteiger partial charge in [0.15, 0.2) is 5.16 Å². The highest BCUT2D eigenvalue weighted by atomic mass is 35.5.